The summed E-state index contributed by atoms with van der Waals surface area (Å²) in [5.41, 5.74) is 1.57. The molecule has 0 atom stereocenters. The first-order chi connectivity index (χ1) is 8.99. The Kier molecular flexibility index (Phi) is 3.92. The van der Waals surface area contributed by atoms with Crippen molar-refractivity contribution < 1.29 is 12.8 Å². The maximum Gasteiger partial charge on any atom is 0.240 e. The van der Waals surface area contributed by atoms with Gasteiger partial charge in [0.25, 0.3) is 0 Å². The lowest BCUT2D eigenvalue weighted by Gasteiger charge is -2.08. The Morgan fingerprint density at radius 2 is 1.89 bits per heavy atom. The number of hydrogen-bond acceptors (Lipinski definition) is 3. The molecule has 1 heterocycles. The summed E-state index contributed by atoms with van der Waals surface area (Å²) in [7, 11) is -3.65. The zero-order valence-corrected chi connectivity index (χ0v) is 11.1. The number of aromatic nitrogens is 1. The van der Waals surface area contributed by atoms with E-state index in [9.17, 15) is 12.8 Å². The van der Waals surface area contributed by atoms with Crippen molar-refractivity contribution in [1.29, 1.82) is 0 Å². The van der Waals surface area contributed by atoms with E-state index >= 15 is 0 Å². The van der Waals surface area contributed by atoms with Crippen LogP contribution in [0.4, 0.5) is 4.39 Å². The fourth-order valence-electron chi connectivity index (χ4n) is 1.56. The van der Waals surface area contributed by atoms with Gasteiger partial charge >= 0.3 is 0 Å². The molecule has 0 bridgehead atoms. The molecule has 0 amide bonds. The third-order valence-corrected chi connectivity index (χ3v) is 4.09. The molecule has 0 unspecified atom stereocenters. The van der Waals surface area contributed by atoms with E-state index in [2.05, 4.69) is 9.71 Å². The number of pyridine rings is 1. The van der Waals surface area contributed by atoms with Gasteiger partial charge < -0.3 is 0 Å². The second kappa shape index (κ2) is 5.46. The first-order valence-corrected chi connectivity index (χ1v) is 7.13. The van der Waals surface area contributed by atoms with Crippen LogP contribution in [-0.2, 0) is 16.6 Å². The van der Waals surface area contributed by atoms with Crippen LogP contribution in [0.5, 0.6) is 0 Å². The number of aryl methyl sites for hydroxylation is 1. The van der Waals surface area contributed by atoms with Gasteiger partial charge in [0.2, 0.25) is 10.0 Å². The monoisotopic (exact) mass is 280 g/mol. The van der Waals surface area contributed by atoms with E-state index in [1.807, 2.05) is 13.0 Å². The number of hydrogen-bond donors (Lipinski definition) is 1. The van der Waals surface area contributed by atoms with Crippen LogP contribution >= 0.6 is 0 Å². The number of nitrogens with one attached hydrogen (secondary N) is 1. The minimum Gasteiger partial charge on any atom is -0.260 e. The van der Waals surface area contributed by atoms with Gasteiger partial charge in [0, 0.05) is 6.20 Å². The molecule has 0 saturated heterocycles. The minimum absolute atomic E-state index is 0.0301. The van der Waals surface area contributed by atoms with Gasteiger partial charge in [-0.1, -0.05) is 6.07 Å². The lowest BCUT2D eigenvalue weighted by Crippen LogP contribution is -2.24. The number of sulfonamides is 1. The van der Waals surface area contributed by atoms with Crippen LogP contribution in [0.25, 0.3) is 0 Å². The van der Waals surface area contributed by atoms with Crippen LogP contribution in [0.15, 0.2) is 47.5 Å². The summed E-state index contributed by atoms with van der Waals surface area (Å²) in [5.74, 6) is -0.473. The van der Waals surface area contributed by atoms with Crippen LogP contribution < -0.4 is 4.72 Å². The lowest BCUT2D eigenvalue weighted by atomic mass is 10.2. The minimum atomic E-state index is -3.65. The van der Waals surface area contributed by atoms with Gasteiger partial charge in [-0.15, -0.1) is 0 Å². The second-order valence-electron chi connectivity index (χ2n) is 4.05. The Labute approximate surface area is 111 Å². The smallest absolute Gasteiger partial charge is 0.240 e. The molecular formula is C13H13FN2O2S. The maximum atomic E-state index is 12.8. The average Bonchev–Trinajstić information content (AvgIpc) is 2.38. The molecule has 0 aliphatic rings. The molecule has 100 valence electrons. The third-order valence-electron chi connectivity index (χ3n) is 2.67. The van der Waals surface area contributed by atoms with E-state index in [4.69, 9.17) is 0 Å². The highest BCUT2D eigenvalue weighted by Gasteiger charge is 2.14. The molecule has 19 heavy (non-hydrogen) atoms. The molecule has 0 fully saturated rings. The van der Waals surface area contributed by atoms with Crippen molar-refractivity contribution in [3.05, 3.63) is 59.7 Å². The van der Waals surface area contributed by atoms with Crippen LogP contribution in [0.3, 0.4) is 0 Å². The number of halogens is 1. The summed E-state index contributed by atoms with van der Waals surface area (Å²) in [6.45, 7) is 1.96. The van der Waals surface area contributed by atoms with Crippen LogP contribution in [0.2, 0.25) is 0 Å². The van der Waals surface area contributed by atoms with Gasteiger partial charge in [-0.25, -0.2) is 17.5 Å². The van der Waals surface area contributed by atoms with Crippen molar-refractivity contribution in [1.82, 2.24) is 9.71 Å². The van der Waals surface area contributed by atoms with E-state index in [-0.39, 0.29) is 11.4 Å². The summed E-state index contributed by atoms with van der Waals surface area (Å²) >= 11 is 0. The largest absolute Gasteiger partial charge is 0.260 e. The summed E-state index contributed by atoms with van der Waals surface area (Å²) in [6, 6.07) is 8.31. The molecule has 1 aromatic heterocycles. The Morgan fingerprint density at radius 3 is 2.53 bits per heavy atom. The van der Waals surface area contributed by atoms with Gasteiger partial charge in [-0.2, -0.15) is 0 Å². The van der Waals surface area contributed by atoms with Gasteiger partial charge in [0.05, 0.1) is 17.1 Å². The number of nitrogens with zero attached hydrogens (tertiary/aromatic N) is 1. The molecule has 0 spiro atoms. The van der Waals surface area contributed by atoms with Crippen molar-refractivity contribution >= 4 is 10.0 Å². The summed E-state index contributed by atoms with van der Waals surface area (Å²) < 4.78 is 39.1. The molecule has 6 heteroatoms. The van der Waals surface area contributed by atoms with Crippen LogP contribution in [-0.4, -0.2) is 13.4 Å². The van der Waals surface area contributed by atoms with Crippen molar-refractivity contribution in [2.24, 2.45) is 0 Å². The first-order valence-electron chi connectivity index (χ1n) is 5.65. The Bertz CT molecular complexity index is 669. The van der Waals surface area contributed by atoms with Gasteiger partial charge in [-0.3, -0.25) is 4.98 Å². The zero-order chi connectivity index (χ0) is 13.9. The molecule has 0 saturated carbocycles. The zero-order valence-electron chi connectivity index (χ0n) is 10.3. The number of benzene rings is 1. The van der Waals surface area contributed by atoms with Crippen molar-refractivity contribution in [2.75, 3.05) is 0 Å². The molecule has 0 aliphatic heterocycles. The number of rotatable bonds is 4. The van der Waals surface area contributed by atoms with E-state index in [0.29, 0.717) is 5.69 Å². The molecule has 0 radical (unpaired) electrons. The highest BCUT2D eigenvalue weighted by Crippen LogP contribution is 2.11. The van der Waals surface area contributed by atoms with E-state index in [0.717, 1.165) is 17.7 Å². The quantitative estimate of drug-likeness (QED) is 0.932. The molecule has 2 rings (SSSR count). The van der Waals surface area contributed by atoms with Crippen LogP contribution in [0.1, 0.15) is 11.3 Å². The average molecular weight is 280 g/mol. The Balaban J connectivity index is 2.14. The first kappa shape index (κ1) is 13.6. The van der Waals surface area contributed by atoms with Gasteiger partial charge in [0.1, 0.15) is 5.82 Å². The molecule has 0 aliphatic carbocycles. The van der Waals surface area contributed by atoms with Gasteiger partial charge in [-0.05, 0) is 42.8 Å². The second-order valence-corrected chi connectivity index (χ2v) is 5.81. The van der Waals surface area contributed by atoms with Crippen LogP contribution in [0, 0.1) is 12.7 Å². The van der Waals surface area contributed by atoms with E-state index in [1.165, 1.54) is 12.1 Å². The van der Waals surface area contributed by atoms with Gasteiger partial charge in [0.15, 0.2) is 0 Å². The lowest BCUT2D eigenvalue weighted by molar-refractivity contribution is 0.579. The standard InChI is InChI=1S/C13H13FN2O2S/c1-10-3-2-8-15-13(10)9-16-19(17,18)12-6-4-11(14)5-7-12/h2-8,16H,9H2,1H3. The normalized spacial score (nSPS) is 11.5. The van der Waals surface area contributed by atoms with Crippen molar-refractivity contribution in [2.45, 2.75) is 18.4 Å². The Morgan fingerprint density at radius 1 is 1.21 bits per heavy atom. The SMILES string of the molecule is Cc1cccnc1CNS(=O)(=O)c1ccc(F)cc1. The summed E-state index contributed by atoms with van der Waals surface area (Å²) in [4.78, 5) is 4.13. The summed E-state index contributed by atoms with van der Waals surface area (Å²) in [6.07, 6.45) is 1.61. The van der Waals surface area contributed by atoms with E-state index in [1.54, 1.807) is 12.3 Å². The topological polar surface area (TPSA) is 59.1 Å². The third kappa shape index (κ3) is 3.36. The molecule has 2 aromatic rings. The molecular weight excluding hydrogens is 267 g/mol. The fourth-order valence-corrected chi connectivity index (χ4v) is 2.55. The fraction of sp³-hybridized carbons (Fsp3) is 0.154. The van der Waals surface area contributed by atoms with Crippen molar-refractivity contribution in [3.63, 3.8) is 0 Å². The predicted molar refractivity (Wildman–Crippen MR) is 69.4 cm³/mol. The predicted octanol–water partition coefficient (Wildman–Crippen LogP) is 2.01. The highest BCUT2D eigenvalue weighted by molar-refractivity contribution is 7.89. The molecule has 4 nitrogen and oxygen atoms in total. The Hall–Kier alpha value is -1.79. The molecule has 1 N–H and O–H groups in total. The summed E-state index contributed by atoms with van der Waals surface area (Å²) in [5, 5.41) is 0. The highest BCUT2D eigenvalue weighted by atomic mass is 32.2. The van der Waals surface area contributed by atoms with Crippen molar-refractivity contribution in [3.8, 4) is 0 Å². The molecule has 1 aromatic carbocycles. The maximum absolute atomic E-state index is 12.8. The van der Waals surface area contributed by atoms with E-state index < -0.39 is 15.8 Å².